The lowest BCUT2D eigenvalue weighted by atomic mass is 9.99. The Morgan fingerprint density at radius 3 is 2.50 bits per heavy atom. The summed E-state index contributed by atoms with van der Waals surface area (Å²) in [7, 11) is 0. The van der Waals surface area contributed by atoms with Crippen molar-refractivity contribution in [1.29, 1.82) is 0 Å². The molecule has 1 saturated heterocycles. The van der Waals surface area contributed by atoms with Crippen molar-refractivity contribution < 1.29 is 0 Å². The number of rotatable bonds is 1. The number of nitrogens with one attached hydrogen (secondary N) is 1. The third kappa shape index (κ3) is 2.19. The minimum absolute atomic E-state index is 0.119. The van der Waals surface area contributed by atoms with E-state index in [9.17, 15) is 4.79 Å². The average Bonchev–Trinajstić information content (AvgIpc) is 2.15. The van der Waals surface area contributed by atoms with Gasteiger partial charge in [0.05, 0.1) is 0 Å². The van der Waals surface area contributed by atoms with Gasteiger partial charge in [0.15, 0.2) is 5.43 Å². The van der Waals surface area contributed by atoms with E-state index in [2.05, 4.69) is 16.8 Å². The van der Waals surface area contributed by atoms with Crippen LogP contribution in [-0.4, -0.2) is 17.2 Å². The summed E-state index contributed by atoms with van der Waals surface area (Å²) >= 11 is 0. The van der Waals surface area contributed by atoms with Gasteiger partial charge in [0, 0.05) is 35.6 Å². The molecular formula is C13H20N2O. The summed E-state index contributed by atoms with van der Waals surface area (Å²) in [6, 6.07) is 4.58. The molecule has 0 saturated carbocycles. The highest BCUT2D eigenvalue weighted by molar-refractivity contribution is 5.14. The number of aryl methyl sites for hydroxylation is 2. The van der Waals surface area contributed by atoms with E-state index in [4.69, 9.17) is 0 Å². The van der Waals surface area contributed by atoms with Crippen LogP contribution in [0.15, 0.2) is 16.9 Å². The van der Waals surface area contributed by atoms with Gasteiger partial charge in [0.25, 0.3) is 0 Å². The van der Waals surface area contributed by atoms with Gasteiger partial charge < -0.3 is 9.88 Å². The Hall–Kier alpha value is -1.09. The van der Waals surface area contributed by atoms with Gasteiger partial charge in [-0.25, -0.2) is 0 Å². The van der Waals surface area contributed by atoms with Gasteiger partial charge in [-0.1, -0.05) is 0 Å². The molecule has 2 rings (SSSR count). The predicted molar refractivity (Wildman–Crippen MR) is 65.9 cm³/mol. The molecule has 0 aromatic carbocycles. The molecule has 3 nitrogen and oxygen atoms in total. The molecule has 1 N–H and O–H groups in total. The first-order valence-corrected chi connectivity index (χ1v) is 6.01. The van der Waals surface area contributed by atoms with Crippen molar-refractivity contribution in [2.24, 2.45) is 0 Å². The van der Waals surface area contributed by atoms with Gasteiger partial charge in [-0.05, 0) is 40.2 Å². The van der Waals surface area contributed by atoms with E-state index in [1.807, 2.05) is 13.8 Å². The standard InChI is InChI=1S/C13H20N2O/c1-9-6-12(4-5-14-9)15-10(2)7-13(16)8-11(15)3/h7-9,12,14H,4-6H2,1-3H3. The van der Waals surface area contributed by atoms with Crippen LogP contribution in [0.1, 0.15) is 37.2 Å². The molecule has 0 radical (unpaired) electrons. The molecule has 2 atom stereocenters. The van der Waals surface area contributed by atoms with Crippen LogP contribution in [0.2, 0.25) is 0 Å². The largest absolute Gasteiger partial charge is 0.346 e. The maximum Gasteiger partial charge on any atom is 0.182 e. The highest BCUT2D eigenvalue weighted by atomic mass is 16.1. The topological polar surface area (TPSA) is 34.0 Å². The minimum Gasteiger partial charge on any atom is -0.346 e. The molecular weight excluding hydrogens is 200 g/mol. The van der Waals surface area contributed by atoms with Crippen molar-refractivity contribution in [2.45, 2.75) is 45.7 Å². The number of aromatic nitrogens is 1. The number of hydrogen-bond acceptors (Lipinski definition) is 2. The van der Waals surface area contributed by atoms with Crippen molar-refractivity contribution in [3.05, 3.63) is 33.7 Å². The SMILES string of the molecule is Cc1cc(=O)cc(C)n1C1CCNC(C)C1. The average molecular weight is 220 g/mol. The molecule has 1 aromatic rings. The second kappa shape index (κ2) is 4.42. The van der Waals surface area contributed by atoms with E-state index in [1.165, 1.54) is 0 Å². The molecule has 1 aliphatic heterocycles. The van der Waals surface area contributed by atoms with Crippen LogP contribution < -0.4 is 10.7 Å². The summed E-state index contributed by atoms with van der Waals surface area (Å²) in [5, 5.41) is 3.46. The predicted octanol–water partition coefficient (Wildman–Crippen LogP) is 1.78. The second-order valence-corrected chi connectivity index (χ2v) is 4.88. The van der Waals surface area contributed by atoms with E-state index in [0.29, 0.717) is 12.1 Å². The van der Waals surface area contributed by atoms with Gasteiger partial charge in [-0.2, -0.15) is 0 Å². The van der Waals surface area contributed by atoms with Crippen LogP contribution in [0.5, 0.6) is 0 Å². The number of piperidine rings is 1. The fourth-order valence-electron chi connectivity index (χ4n) is 2.79. The zero-order valence-corrected chi connectivity index (χ0v) is 10.3. The zero-order chi connectivity index (χ0) is 11.7. The Morgan fingerprint density at radius 2 is 1.94 bits per heavy atom. The summed E-state index contributed by atoms with van der Waals surface area (Å²) in [4.78, 5) is 11.4. The van der Waals surface area contributed by atoms with Crippen molar-refractivity contribution in [2.75, 3.05) is 6.54 Å². The van der Waals surface area contributed by atoms with Gasteiger partial charge in [-0.15, -0.1) is 0 Å². The molecule has 16 heavy (non-hydrogen) atoms. The molecule has 3 heteroatoms. The minimum atomic E-state index is 0.119. The molecule has 0 spiro atoms. The smallest absolute Gasteiger partial charge is 0.182 e. The number of pyridine rings is 1. The highest BCUT2D eigenvalue weighted by Gasteiger charge is 2.21. The van der Waals surface area contributed by atoms with Gasteiger partial charge in [-0.3, -0.25) is 4.79 Å². The molecule has 0 bridgehead atoms. The summed E-state index contributed by atoms with van der Waals surface area (Å²) < 4.78 is 2.32. The van der Waals surface area contributed by atoms with E-state index in [0.717, 1.165) is 30.8 Å². The third-order valence-electron chi connectivity index (χ3n) is 3.42. The van der Waals surface area contributed by atoms with Gasteiger partial charge in [0.2, 0.25) is 0 Å². The first kappa shape index (κ1) is 11.4. The van der Waals surface area contributed by atoms with E-state index in [-0.39, 0.29) is 5.43 Å². The fourth-order valence-corrected chi connectivity index (χ4v) is 2.79. The van der Waals surface area contributed by atoms with Crippen LogP contribution in [0, 0.1) is 13.8 Å². The maximum atomic E-state index is 11.4. The van der Waals surface area contributed by atoms with Crippen LogP contribution in [-0.2, 0) is 0 Å². The summed E-state index contributed by atoms with van der Waals surface area (Å²) in [5.74, 6) is 0. The van der Waals surface area contributed by atoms with Crippen LogP contribution in [0.4, 0.5) is 0 Å². The van der Waals surface area contributed by atoms with E-state index < -0.39 is 0 Å². The van der Waals surface area contributed by atoms with Crippen molar-refractivity contribution in [1.82, 2.24) is 9.88 Å². The monoisotopic (exact) mass is 220 g/mol. The molecule has 1 aliphatic rings. The molecule has 88 valence electrons. The highest BCUT2D eigenvalue weighted by Crippen LogP contribution is 2.24. The zero-order valence-electron chi connectivity index (χ0n) is 10.3. The molecule has 2 heterocycles. The number of nitrogens with zero attached hydrogens (tertiary/aromatic N) is 1. The summed E-state index contributed by atoms with van der Waals surface area (Å²) in [6.07, 6.45) is 2.29. The van der Waals surface area contributed by atoms with Gasteiger partial charge in [0.1, 0.15) is 0 Å². The summed E-state index contributed by atoms with van der Waals surface area (Å²) in [6.45, 7) is 7.35. The Balaban J connectivity index is 2.36. The quantitative estimate of drug-likeness (QED) is 0.782. The van der Waals surface area contributed by atoms with Crippen LogP contribution in [0.25, 0.3) is 0 Å². The molecule has 2 unspecified atom stereocenters. The van der Waals surface area contributed by atoms with Gasteiger partial charge >= 0.3 is 0 Å². The van der Waals surface area contributed by atoms with Crippen molar-refractivity contribution in [3.63, 3.8) is 0 Å². The second-order valence-electron chi connectivity index (χ2n) is 4.88. The summed E-state index contributed by atoms with van der Waals surface area (Å²) in [5.41, 5.74) is 2.29. The van der Waals surface area contributed by atoms with Crippen molar-refractivity contribution in [3.8, 4) is 0 Å². The Kier molecular flexibility index (Phi) is 3.15. The van der Waals surface area contributed by atoms with Crippen LogP contribution in [0.3, 0.4) is 0 Å². The molecule has 1 aromatic heterocycles. The Bertz CT molecular complexity index is 410. The maximum absolute atomic E-state index is 11.4. The van der Waals surface area contributed by atoms with Crippen molar-refractivity contribution >= 4 is 0 Å². The normalized spacial score (nSPS) is 25.7. The Morgan fingerprint density at radius 1 is 1.31 bits per heavy atom. The van der Waals surface area contributed by atoms with Crippen LogP contribution >= 0.6 is 0 Å². The lowest BCUT2D eigenvalue weighted by Gasteiger charge is -2.32. The lowest BCUT2D eigenvalue weighted by Crippen LogP contribution is -2.37. The molecule has 0 amide bonds. The first-order chi connectivity index (χ1) is 7.58. The molecule has 1 fully saturated rings. The third-order valence-corrected chi connectivity index (χ3v) is 3.42. The molecule has 0 aliphatic carbocycles. The van der Waals surface area contributed by atoms with E-state index >= 15 is 0 Å². The first-order valence-electron chi connectivity index (χ1n) is 6.01. The Labute approximate surface area is 96.5 Å². The lowest BCUT2D eigenvalue weighted by molar-refractivity contribution is 0.306. The number of hydrogen-bond donors (Lipinski definition) is 1. The van der Waals surface area contributed by atoms with E-state index in [1.54, 1.807) is 12.1 Å². The fraction of sp³-hybridized carbons (Fsp3) is 0.615.